The number of quaternary nitrogens is 1. The van der Waals surface area contributed by atoms with Gasteiger partial charge < -0.3 is 24.4 Å². The van der Waals surface area contributed by atoms with Crippen LogP contribution in [0.2, 0.25) is 0 Å². The van der Waals surface area contributed by atoms with Crippen molar-refractivity contribution in [3.8, 4) is 0 Å². The quantitative estimate of drug-likeness (QED) is 0.766. The summed E-state index contributed by atoms with van der Waals surface area (Å²) in [5.74, 6) is 0. The topological polar surface area (TPSA) is 61.4 Å². The number of carboxylic acid groups (broad SMARTS) is 1. The van der Waals surface area contributed by atoms with Crippen molar-refractivity contribution in [3.63, 3.8) is 0 Å². The molecule has 0 aromatic heterocycles. The van der Waals surface area contributed by atoms with Crippen LogP contribution >= 0.6 is 0 Å². The molecule has 2 aliphatic rings. The molecule has 2 saturated heterocycles. The highest BCUT2D eigenvalue weighted by Gasteiger charge is 2.48. The molecular formula is C15H28N2O3. The number of rotatable bonds is 2. The highest BCUT2D eigenvalue weighted by atomic mass is 16.5. The third-order valence-electron chi connectivity index (χ3n) is 5.30. The monoisotopic (exact) mass is 284 g/mol. The minimum Gasteiger partial charge on any atom is -0.530 e. The zero-order valence-corrected chi connectivity index (χ0v) is 13.0. The van der Waals surface area contributed by atoms with Crippen LogP contribution in [0.4, 0.5) is 4.79 Å². The van der Waals surface area contributed by atoms with Gasteiger partial charge in [0, 0.05) is 31.7 Å². The molecule has 1 amide bonds. The summed E-state index contributed by atoms with van der Waals surface area (Å²) < 4.78 is 6.61. The summed E-state index contributed by atoms with van der Waals surface area (Å²) in [5, 5.41) is 13.2. The average molecular weight is 284 g/mol. The Morgan fingerprint density at radius 1 is 1.15 bits per heavy atom. The first-order chi connectivity index (χ1) is 9.35. The van der Waals surface area contributed by atoms with E-state index in [1.807, 2.05) is 0 Å². The molecular weight excluding hydrogens is 256 g/mol. The molecule has 0 aliphatic carbocycles. The highest BCUT2D eigenvalue weighted by Crippen LogP contribution is 2.37. The lowest BCUT2D eigenvalue weighted by molar-refractivity contribution is -0.997. The summed E-state index contributed by atoms with van der Waals surface area (Å²) in [6.45, 7) is 10.8. The molecule has 1 N–H and O–H groups in total. The Labute approximate surface area is 121 Å². The van der Waals surface area contributed by atoms with Gasteiger partial charge in [0.15, 0.2) is 0 Å². The fourth-order valence-corrected chi connectivity index (χ4v) is 4.10. The second-order valence-corrected chi connectivity index (χ2v) is 7.20. The zero-order chi connectivity index (χ0) is 14.8. The van der Waals surface area contributed by atoms with Crippen molar-refractivity contribution in [2.45, 2.75) is 64.1 Å². The molecule has 2 heterocycles. The Kier molecular flexibility index (Phi) is 4.59. The number of hydrogen-bond acceptors (Lipinski definition) is 3. The highest BCUT2D eigenvalue weighted by molar-refractivity contribution is 5.62. The third kappa shape index (κ3) is 3.09. The van der Waals surface area contributed by atoms with E-state index in [0.29, 0.717) is 6.04 Å². The molecule has 0 saturated carbocycles. The lowest BCUT2D eigenvalue weighted by Crippen LogP contribution is -2.70. The van der Waals surface area contributed by atoms with E-state index in [4.69, 9.17) is 4.74 Å². The van der Waals surface area contributed by atoms with Gasteiger partial charge in [0.1, 0.15) is 6.09 Å². The molecule has 0 bridgehead atoms. The molecule has 0 unspecified atom stereocenters. The largest absolute Gasteiger partial charge is 0.530 e. The summed E-state index contributed by atoms with van der Waals surface area (Å²) in [7, 11) is 0. The van der Waals surface area contributed by atoms with Crippen LogP contribution in [0, 0.1) is 0 Å². The number of ether oxygens (including phenoxy) is 1. The summed E-state index contributed by atoms with van der Waals surface area (Å²) >= 11 is 0. The van der Waals surface area contributed by atoms with Crippen LogP contribution in [-0.2, 0) is 4.74 Å². The summed E-state index contributed by atoms with van der Waals surface area (Å²) in [6.07, 6.45) is 2.91. The number of carbonyl (C=O) groups is 1. The van der Waals surface area contributed by atoms with Gasteiger partial charge in [0.2, 0.25) is 0 Å². The molecule has 0 aromatic carbocycles. The van der Waals surface area contributed by atoms with Gasteiger partial charge in [-0.3, -0.25) is 0 Å². The van der Waals surface area contributed by atoms with Gasteiger partial charge in [-0.2, -0.15) is 0 Å². The predicted octanol–water partition coefficient (Wildman–Crippen LogP) is 0.876. The van der Waals surface area contributed by atoms with Gasteiger partial charge in [-0.15, -0.1) is 0 Å². The fraction of sp³-hybridized carbons (Fsp3) is 0.933. The van der Waals surface area contributed by atoms with E-state index in [2.05, 4.69) is 26.1 Å². The number of likely N-dealkylation sites (tertiary alicyclic amines) is 1. The zero-order valence-electron chi connectivity index (χ0n) is 13.0. The number of nitrogens with zero attached hydrogens (tertiary/aromatic N) is 1. The SMILES string of the molecule is CC(C)(C)[N+]1(C2CCOCC2)CCC(NC(=O)[O-])CC1. The van der Waals surface area contributed by atoms with Crippen LogP contribution in [0.1, 0.15) is 46.5 Å². The van der Waals surface area contributed by atoms with E-state index in [9.17, 15) is 9.90 Å². The second kappa shape index (κ2) is 5.90. The van der Waals surface area contributed by atoms with Crippen LogP contribution in [0.15, 0.2) is 0 Å². The van der Waals surface area contributed by atoms with Crippen molar-refractivity contribution < 1.29 is 19.1 Å². The van der Waals surface area contributed by atoms with Crippen LogP contribution in [-0.4, -0.2) is 54.5 Å². The molecule has 20 heavy (non-hydrogen) atoms. The van der Waals surface area contributed by atoms with Crippen molar-refractivity contribution >= 4 is 6.09 Å². The minimum absolute atomic E-state index is 0.0634. The Balaban J connectivity index is 2.08. The van der Waals surface area contributed by atoms with Crippen LogP contribution in [0.5, 0.6) is 0 Å². The molecule has 5 nitrogen and oxygen atoms in total. The van der Waals surface area contributed by atoms with E-state index < -0.39 is 6.09 Å². The number of hydrogen-bond donors (Lipinski definition) is 1. The van der Waals surface area contributed by atoms with Crippen molar-refractivity contribution in [1.82, 2.24) is 5.32 Å². The van der Waals surface area contributed by atoms with Crippen molar-refractivity contribution in [1.29, 1.82) is 0 Å². The van der Waals surface area contributed by atoms with E-state index in [-0.39, 0.29) is 11.6 Å². The minimum atomic E-state index is -1.14. The normalized spacial score (nSPS) is 32.9. The Morgan fingerprint density at radius 3 is 2.15 bits per heavy atom. The smallest absolute Gasteiger partial charge is 0.134 e. The molecule has 0 radical (unpaired) electrons. The van der Waals surface area contributed by atoms with Gasteiger partial charge >= 0.3 is 0 Å². The first-order valence-electron chi connectivity index (χ1n) is 7.77. The van der Waals surface area contributed by atoms with Crippen molar-refractivity contribution in [3.05, 3.63) is 0 Å². The van der Waals surface area contributed by atoms with Crippen molar-refractivity contribution in [2.75, 3.05) is 26.3 Å². The number of nitrogens with one attached hydrogen (secondary N) is 1. The fourth-order valence-electron chi connectivity index (χ4n) is 4.10. The molecule has 5 heteroatoms. The molecule has 0 atom stereocenters. The Bertz CT molecular complexity index is 338. The standard InChI is InChI=1S/C15H28N2O3/c1-15(2,3)17(13-6-10-20-11-7-13)8-4-12(5-9-17)16-14(18)19/h12-13,16H,4-11H2,1-3H3. The average Bonchev–Trinajstić information content (AvgIpc) is 2.39. The molecule has 2 aliphatic heterocycles. The number of piperidine rings is 1. The summed E-state index contributed by atoms with van der Waals surface area (Å²) in [4.78, 5) is 10.7. The lowest BCUT2D eigenvalue weighted by Gasteiger charge is -2.57. The van der Waals surface area contributed by atoms with E-state index in [1.165, 1.54) is 0 Å². The summed E-state index contributed by atoms with van der Waals surface area (Å²) in [5.41, 5.74) is 0.189. The molecule has 0 aromatic rings. The van der Waals surface area contributed by atoms with Gasteiger partial charge in [0.25, 0.3) is 0 Å². The van der Waals surface area contributed by atoms with Crippen molar-refractivity contribution in [2.24, 2.45) is 0 Å². The van der Waals surface area contributed by atoms with Gasteiger partial charge in [-0.25, -0.2) is 0 Å². The third-order valence-corrected chi connectivity index (χ3v) is 5.30. The lowest BCUT2D eigenvalue weighted by atomic mass is 9.87. The molecule has 0 spiro atoms. The van der Waals surface area contributed by atoms with Crippen LogP contribution in [0.25, 0.3) is 0 Å². The second-order valence-electron chi connectivity index (χ2n) is 7.20. The molecule has 2 rings (SSSR count). The Hall–Kier alpha value is -0.810. The maximum absolute atomic E-state index is 10.7. The number of carbonyl (C=O) groups excluding carboxylic acids is 1. The summed E-state index contributed by atoms with van der Waals surface area (Å²) in [6, 6.07) is 0.709. The first kappa shape index (κ1) is 15.6. The maximum atomic E-state index is 10.7. The van der Waals surface area contributed by atoms with Gasteiger partial charge in [-0.05, 0) is 20.8 Å². The van der Waals surface area contributed by atoms with E-state index >= 15 is 0 Å². The number of amides is 1. The van der Waals surface area contributed by atoms with Crippen LogP contribution < -0.4 is 10.4 Å². The van der Waals surface area contributed by atoms with E-state index in [1.54, 1.807) is 0 Å². The predicted molar refractivity (Wildman–Crippen MR) is 75.1 cm³/mol. The Morgan fingerprint density at radius 2 is 1.70 bits per heavy atom. The van der Waals surface area contributed by atoms with Gasteiger partial charge in [0.05, 0.1) is 37.9 Å². The maximum Gasteiger partial charge on any atom is 0.134 e. The van der Waals surface area contributed by atoms with E-state index in [0.717, 1.165) is 56.5 Å². The molecule has 2 fully saturated rings. The molecule has 116 valence electrons. The first-order valence-corrected chi connectivity index (χ1v) is 7.77. The van der Waals surface area contributed by atoms with Gasteiger partial charge in [-0.1, -0.05) is 0 Å². The van der Waals surface area contributed by atoms with Crippen LogP contribution in [0.3, 0.4) is 0 Å².